The van der Waals surface area contributed by atoms with Crippen molar-refractivity contribution >= 4 is 21.6 Å². The van der Waals surface area contributed by atoms with Crippen LogP contribution in [-0.2, 0) is 9.92 Å². The highest BCUT2D eigenvalue weighted by atomic mass is 32.2. The van der Waals surface area contributed by atoms with Crippen molar-refractivity contribution in [2.75, 3.05) is 18.4 Å². The molecule has 1 atom stereocenters. The number of para-hydroxylation sites is 1. The number of hydrogen-bond donors (Lipinski definition) is 3. The molecule has 0 saturated carbocycles. The van der Waals surface area contributed by atoms with Gasteiger partial charge in [0.25, 0.3) is 0 Å². The van der Waals surface area contributed by atoms with Gasteiger partial charge >= 0.3 is 6.03 Å². The summed E-state index contributed by atoms with van der Waals surface area (Å²) in [5, 5.41) is 2.55. The smallest absolute Gasteiger partial charge is 0.307 e. The number of nitrogens with one attached hydrogen (secondary N) is 3. The lowest BCUT2D eigenvalue weighted by Crippen LogP contribution is -2.59. The lowest BCUT2D eigenvalue weighted by Gasteiger charge is -2.42. The highest BCUT2D eigenvalue weighted by Gasteiger charge is 2.36. The Morgan fingerprint density at radius 2 is 1.62 bits per heavy atom. The maximum atomic E-state index is 12.6. The number of benzene rings is 1. The van der Waals surface area contributed by atoms with Crippen LogP contribution in [0.5, 0.6) is 0 Å². The number of carbonyl (C=O) groups excluding carboxylic acids is 1. The Balaban J connectivity index is 2.13. The molecule has 7 heteroatoms. The Bertz CT molecular complexity index is 725. The largest absolute Gasteiger partial charge is 0.331 e. The second-order valence-corrected chi connectivity index (χ2v) is 10.0. The van der Waals surface area contributed by atoms with E-state index in [2.05, 4.69) is 56.5 Å². The number of hydrogen-bond acceptors (Lipinski definition) is 4. The standard InChI is InChI=1S/C19H32N4O2S/c1-12(2)16-8-7-9-17(13(3)4)18(16)21-19(24)22-26(20,25)15-10-23(11-15)14(5)6/h7-9,12-15H,10-11H2,1-6H3,(H3,20,21,22,24,25). The lowest BCUT2D eigenvalue weighted by atomic mass is 9.93. The first kappa shape index (κ1) is 20.7. The molecule has 1 heterocycles. The summed E-state index contributed by atoms with van der Waals surface area (Å²) >= 11 is 0. The van der Waals surface area contributed by atoms with Crippen LogP contribution >= 0.6 is 0 Å². The molecule has 1 fully saturated rings. The maximum absolute atomic E-state index is 12.6. The molecule has 1 aliphatic heterocycles. The van der Waals surface area contributed by atoms with E-state index in [0.29, 0.717) is 19.1 Å². The molecule has 6 nitrogen and oxygen atoms in total. The monoisotopic (exact) mass is 380 g/mol. The molecular weight excluding hydrogens is 348 g/mol. The van der Waals surface area contributed by atoms with Crippen LogP contribution in [0.3, 0.4) is 0 Å². The molecule has 146 valence electrons. The molecule has 0 aliphatic carbocycles. The fraction of sp³-hybridized carbons (Fsp3) is 0.632. The molecular formula is C19H32N4O2S. The van der Waals surface area contributed by atoms with Crippen molar-refractivity contribution < 1.29 is 9.00 Å². The van der Waals surface area contributed by atoms with Crippen molar-refractivity contribution in [3.63, 3.8) is 0 Å². The van der Waals surface area contributed by atoms with Gasteiger partial charge in [-0.15, -0.1) is 0 Å². The van der Waals surface area contributed by atoms with Gasteiger partial charge < -0.3 is 5.32 Å². The minimum Gasteiger partial charge on any atom is -0.307 e. The van der Waals surface area contributed by atoms with Gasteiger partial charge in [-0.1, -0.05) is 45.9 Å². The van der Waals surface area contributed by atoms with Gasteiger partial charge in [0.1, 0.15) is 9.92 Å². The predicted octanol–water partition coefficient (Wildman–Crippen LogP) is 4.11. The van der Waals surface area contributed by atoms with Crippen LogP contribution in [-0.4, -0.2) is 39.5 Å². The summed E-state index contributed by atoms with van der Waals surface area (Å²) in [5.74, 6) is 0.492. The summed E-state index contributed by atoms with van der Waals surface area (Å²) in [6.45, 7) is 13.6. The normalized spacial score (nSPS) is 18.0. The summed E-state index contributed by atoms with van der Waals surface area (Å²) < 4.78 is 23.2. The minimum absolute atomic E-state index is 0.246. The second kappa shape index (κ2) is 7.96. The average Bonchev–Trinajstić information content (AvgIpc) is 2.43. The molecule has 1 saturated heterocycles. The van der Waals surface area contributed by atoms with Crippen molar-refractivity contribution in [2.24, 2.45) is 0 Å². The average molecular weight is 381 g/mol. The van der Waals surface area contributed by atoms with Crippen LogP contribution in [0.25, 0.3) is 0 Å². The number of amides is 2. The van der Waals surface area contributed by atoms with Crippen LogP contribution in [0.4, 0.5) is 10.5 Å². The van der Waals surface area contributed by atoms with Gasteiger partial charge in [0, 0.05) is 24.8 Å². The Morgan fingerprint density at radius 1 is 1.12 bits per heavy atom. The van der Waals surface area contributed by atoms with E-state index >= 15 is 0 Å². The van der Waals surface area contributed by atoms with Gasteiger partial charge in [-0.25, -0.2) is 13.8 Å². The van der Waals surface area contributed by atoms with E-state index in [1.165, 1.54) is 0 Å². The van der Waals surface area contributed by atoms with Crippen molar-refractivity contribution in [1.29, 1.82) is 4.78 Å². The minimum atomic E-state index is -3.18. The van der Waals surface area contributed by atoms with Crippen LogP contribution in [0.1, 0.15) is 64.5 Å². The molecule has 1 aromatic carbocycles. The van der Waals surface area contributed by atoms with Gasteiger partial charge in [-0.2, -0.15) is 0 Å². The van der Waals surface area contributed by atoms with Gasteiger partial charge in [0.2, 0.25) is 0 Å². The Kier molecular flexibility index (Phi) is 6.34. The van der Waals surface area contributed by atoms with Crippen LogP contribution in [0.2, 0.25) is 0 Å². The highest BCUT2D eigenvalue weighted by Crippen LogP contribution is 2.32. The first-order valence-electron chi connectivity index (χ1n) is 9.26. The maximum Gasteiger partial charge on any atom is 0.331 e. The molecule has 3 N–H and O–H groups in total. The third kappa shape index (κ3) is 4.57. The van der Waals surface area contributed by atoms with Crippen LogP contribution in [0.15, 0.2) is 18.2 Å². The Hall–Kier alpha value is -1.60. The van der Waals surface area contributed by atoms with E-state index in [0.717, 1.165) is 16.8 Å². The third-order valence-corrected chi connectivity index (χ3v) is 6.66. The number of anilines is 1. The SMILES string of the molecule is CC(C)c1cccc(C(C)C)c1NC(=O)NS(=N)(=O)C1CN(C(C)C)C1. The molecule has 0 aromatic heterocycles. The summed E-state index contributed by atoms with van der Waals surface area (Å²) in [6.07, 6.45) is 0. The summed E-state index contributed by atoms with van der Waals surface area (Å²) in [4.78, 5) is 14.6. The van der Waals surface area contributed by atoms with E-state index in [9.17, 15) is 9.00 Å². The quantitative estimate of drug-likeness (QED) is 0.694. The van der Waals surface area contributed by atoms with Crippen molar-refractivity contribution in [3.05, 3.63) is 29.3 Å². The van der Waals surface area contributed by atoms with Gasteiger partial charge in [-0.05, 0) is 36.8 Å². The zero-order chi connectivity index (χ0) is 19.6. The van der Waals surface area contributed by atoms with E-state index in [1.54, 1.807) is 0 Å². The first-order chi connectivity index (χ1) is 12.0. The summed E-state index contributed by atoms with van der Waals surface area (Å²) in [7, 11) is -3.18. The lowest BCUT2D eigenvalue weighted by molar-refractivity contribution is 0.143. The third-order valence-electron chi connectivity index (χ3n) is 4.93. The highest BCUT2D eigenvalue weighted by molar-refractivity contribution is 7.91. The molecule has 0 radical (unpaired) electrons. The topological polar surface area (TPSA) is 85.3 Å². The molecule has 1 unspecified atom stereocenters. The van der Waals surface area contributed by atoms with Gasteiger partial charge in [0.05, 0.1) is 5.25 Å². The van der Waals surface area contributed by atoms with Crippen molar-refractivity contribution in [2.45, 2.75) is 64.7 Å². The van der Waals surface area contributed by atoms with E-state index < -0.39 is 15.9 Å². The second-order valence-electron chi connectivity index (χ2n) is 7.95. The van der Waals surface area contributed by atoms with E-state index in [4.69, 9.17) is 4.78 Å². The number of nitrogens with zero attached hydrogens (tertiary/aromatic N) is 1. The Morgan fingerprint density at radius 3 is 2.04 bits per heavy atom. The number of carbonyl (C=O) groups is 1. The summed E-state index contributed by atoms with van der Waals surface area (Å²) in [5.41, 5.74) is 2.84. The van der Waals surface area contributed by atoms with E-state index in [-0.39, 0.29) is 17.1 Å². The van der Waals surface area contributed by atoms with Gasteiger partial charge in [-0.3, -0.25) is 9.62 Å². The van der Waals surface area contributed by atoms with Gasteiger partial charge in [0.15, 0.2) is 0 Å². The first-order valence-corrected chi connectivity index (χ1v) is 10.9. The van der Waals surface area contributed by atoms with Crippen LogP contribution in [0, 0.1) is 4.78 Å². The number of rotatable bonds is 6. The van der Waals surface area contributed by atoms with E-state index in [1.807, 2.05) is 18.2 Å². The van der Waals surface area contributed by atoms with Crippen LogP contribution < -0.4 is 10.0 Å². The molecule has 0 spiro atoms. The molecule has 2 amide bonds. The predicted molar refractivity (Wildman–Crippen MR) is 108 cm³/mol. The fourth-order valence-corrected chi connectivity index (χ4v) is 4.45. The zero-order valence-corrected chi connectivity index (χ0v) is 17.4. The molecule has 26 heavy (non-hydrogen) atoms. The molecule has 1 aliphatic rings. The fourth-order valence-electron chi connectivity index (χ4n) is 3.16. The summed E-state index contributed by atoms with van der Waals surface area (Å²) in [6, 6.07) is 5.79. The van der Waals surface area contributed by atoms with Crippen molar-refractivity contribution in [3.8, 4) is 0 Å². The molecule has 1 aromatic rings. The van der Waals surface area contributed by atoms with Crippen molar-refractivity contribution in [1.82, 2.24) is 9.62 Å². The Labute approximate surface area is 157 Å². The molecule has 2 rings (SSSR count). The molecule has 0 bridgehead atoms. The zero-order valence-electron chi connectivity index (χ0n) is 16.6. The number of likely N-dealkylation sites (tertiary alicyclic amines) is 1. The number of urea groups is 1.